The number of nitrogens with zero attached hydrogens (tertiary/aromatic N) is 5. The Balaban J connectivity index is 1.41. The molecular formula is C18H17FN6O3. The van der Waals surface area contributed by atoms with Gasteiger partial charge in [0.2, 0.25) is 0 Å². The highest BCUT2D eigenvalue weighted by atomic mass is 19.1. The van der Waals surface area contributed by atoms with E-state index >= 15 is 0 Å². The predicted octanol–water partition coefficient (Wildman–Crippen LogP) is 1.70. The van der Waals surface area contributed by atoms with Crippen LogP contribution in [0.3, 0.4) is 0 Å². The van der Waals surface area contributed by atoms with E-state index in [1.54, 1.807) is 37.5 Å². The van der Waals surface area contributed by atoms with E-state index in [1.165, 1.54) is 10.7 Å². The van der Waals surface area contributed by atoms with Gasteiger partial charge in [-0.2, -0.15) is 0 Å². The van der Waals surface area contributed by atoms with Crippen molar-refractivity contribution in [3.63, 3.8) is 0 Å². The first-order valence-electron chi connectivity index (χ1n) is 8.60. The molecule has 0 radical (unpaired) electrons. The van der Waals surface area contributed by atoms with Crippen LogP contribution in [0.1, 0.15) is 5.56 Å². The molecule has 0 saturated carbocycles. The number of amides is 1. The van der Waals surface area contributed by atoms with Crippen molar-refractivity contribution in [2.24, 2.45) is 7.05 Å². The minimum atomic E-state index is -0.445. The molecule has 0 unspecified atom stereocenters. The van der Waals surface area contributed by atoms with Crippen LogP contribution in [0.25, 0.3) is 22.6 Å². The highest BCUT2D eigenvalue weighted by Crippen LogP contribution is 2.25. The van der Waals surface area contributed by atoms with Crippen LogP contribution in [0.2, 0.25) is 0 Å². The summed E-state index contributed by atoms with van der Waals surface area (Å²) in [5.41, 5.74) is 2.37. The second-order valence-corrected chi connectivity index (χ2v) is 6.30. The number of nitrogens with one attached hydrogen (secondary N) is 1. The van der Waals surface area contributed by atoms with Gasteiger partial charge < -0.3 is 14.8 Å². The number of aromatic nitrogens is 5. The fourth-order valence-electron chi connectivity index (χ4n) is 2.85. The van der Waals surface area contributed by atoms with Crippen molar-refractivity contribution in [3.05, 3.63) is 47.9 Å². The van der Waals surface area contributed by atoms with E-state index in [1.807, 2.05) is 0 Å². The van der Waals surface area contributed by atoms with Crippen LogP contribution in [0, 0.1) is 5.82 Å². The smallest absolute Gasteiger partial charge is 0.407 e. The molecule has 1 amide bonds. The average Bonchev–Trinajstić information content (AvgIpc) is 3.30. The summed E-state index contributed by atoms with van der Waals surface area (Å²) in [6.07, 6.45) is 0.824. The van der Waals surface area contributed by atoms with Crippen molar-refractivity contribution in [1.29, 1.82) is 0 Å². The van der Waals surface area contributed by atoms with Crippen molar-refractivity contribution >= 4 is 6.09 Å². The normalized spacial score (nSPS) is 16.1. The van der Waals surface area contributed by atoms with Crippen molar-refractivity contribution in [2.75, 3.05) is 13.2 Å². The largest absolute Gasteiger partial charge is 0.442 e. The average molecular weight is 384 g/mol. The molecule has 1 saturated heterocycles. The van der Waals surface area contributed by atoms with E-state index in [0.717, 1.165) is 0 Å². The molecule has 1 fully saturated rings. The Morgan fingerprint density at radius 2 is 2.25 bits per heavy atom. The van der Waals surface area contributed by atoms with E-state index in [2.05, 4.69) is 25.8 Å². The topological polar surface area (TPSA) is 104 Å². The van der Waals surface area contributed by atoms with Gasteiger partial charge in [-0.3, -0.25) is 4.98 Å². The lowest BCUT2D eigenvalue weighted by atomic mass is 10.0. The molecule has 3 heterocycles. The molecule has 1 N–H and O–H groups in total. The molecular weight excluding hydrogens is 367 g/mol. The molecule has 2 aromatic heterocycles. The number of hydrogen-bond donors (Lipinski definition) is 1. The fourth-order valence-corrected chi connectivity index (χ4v) is 2.85. The molecule has 1 aliphatic rings. The van der Waals surface area contributed by atoms with Crippen LogP contribution >= 0.6 is 0 Å². The van der Waals surface area contributed by atoms with Gasteiger partial charge in [0.05, 0.1) is 19.8 Å². The second-order valence-electron chi connectivity index (χ2n) is 6.30. The molecule has 4 rings (SSSR count). The maximum atomic E-state index is 14.6. The lowest BCUT2D eigenvalue weighted by Crippen LogP contribution is -2.20. The number of alkyl carbamates (subject to hydrolysis) is 1. The first kappa shape index (κ1) is 18.0. The van der Waals surface area contributed by atoms with Crippen LogP contribution in [-0.4, -0.2) is 50.5 Å². The number of tetrazole rings is 1. The Kier molecular flexibility index (Phi) is 4.94. The molecule has 1 aliphatic heterocycles. The van der Waals surface area contributed by atoms with Gasteiger partial charge in [-0.05, 0) is 28.1 Å². The van der Waals surface area contributed by atoms with Gasteiger partial charge in [-0.1, -0.05) is 18.2 Å². The molecule has 9 nitrogen and oxygen atoms in total. The number of aryl methyl sites for hydroxylation is 1. The van der Waals surface area contributed by atoms with Crippen LogP contribution in [0.4, 0.5) is 9.18 Å². The van der Waals surface area contributed by atoms with Gasteiger partial charge in [-0.15, -0.1) is 5.10 Å². The van der Waals surface area contributed by atoms with Crippen LogP contribution < -0.4 is 5.32 Å². The summed E-state index contributed by atoms with van der Waals surface area (Å²) in [5, 5.41) is 13.8. The number of rotatable bonds is 6. The zero-order chi connectivity index (χ0) is 19.5. The number of carbonyl (C=O) groups is 1. The Bertz CT molecular complexity index is 991. The number of hydrogen-bond acceptors (Lipinski definition) is 7. The van der Waals surface area contributed by atoms with E-state index in [0.29, 0.717) is 34.8 Å². The third-order valence-electron chi connectivity index (χ3n) is 4.28. The SMILES string of the molecule is Cn1nnnc1-c1ccc(-c2ccc(COC[C@H]3CNC(=O)O3)cc2F)cn1. The minimum absolute atomic E-state index is 0.224. The zero-order valence-electron chi connectivity index (χ0n) is 15.0. The van der Waals surface area contributed by atoms with Crippen molar-refractivity contribution in [3.8, 4) is 22.6 Å². The number of halogens is 1. The predicted molar refractivity (Wildman–Crippen MR) is 95.4 cm³/mol. The van der Waals surface area contributed by atoms with E-state index < -0.39 is 6.09 Å². The monoisotopic (exact) mass is 384 g/mol. The minimum Gasteiger partial charge on any atom is -0.442 e. The maximum Gasteiger partial charge on any atom is 0.407 e. The van der Waals surface area contributed by atoms with Crippen LogP contribution in [0.5, 0.6) is 0 Å². The van der Waals surface area contributed by atoms with Crippen molar-refractivity contribution in [2.45, 2.75) is 12.7 Å². The second kappa shape index (κ2) is 7.69. The van der Waals surface area contributed by atoms with Gasteiger partial charge in [0.15, 0.2) is 5.82 Å². The number of benzene rings is 1. The molecule has 3 aromatic rings. The fraction of sp³-hybridized carbons (Fsp3) is 0.278. The molecule has 0 bridgehead atoms. The highest BCUT2D eigenvalue weighted by Gasteiger charge is 2.22. The van der Waals surface area contributed by atoms with E-state index in [4.69, 9.17) is 9.47 Å². The molecule has 144 valence electrons. The van der Waals surface area contributed by atoms with E-state index in [-0.39, 0.29) is 25.1 Å². The number of cyclic esters (lactones) is 1. The van der Waals surface area contributed by atoms with Gasteiger partial charge in [0.25, 0.3) is 0 Å². The molecule has 1 atom stereocenters. The van der Waals surface area contributed by atoms with Gasteiger partial charge in [0.1, 0.15) is 17.6 Å². The highest BCUT2D eigenvalue weighted by molar-refractivity contribution is 5.69. The molecule has 0 aliphatic carbocycles. The molecule has 1 aromatic carbocycles. The lowest BCUT2D eigenvalue weighted by molar-refractivity contribution is 0.0380. The third-order valence-corrected chi connectivity index (χ3v) is 4.28. The van der Waals surface area contributed by atoms with Crippen LogP contribution in [0.15, 0.2) is 36.5 Å². The lowest BCUT2D eigenvalue weighted by Gasteiger charge is -2.10. The Morgan fingerprint density at radius 3 is 2.89 bits per heavy atom. The van der Waals surface area contributed by atoms with Crippen molar-refractivity contribution < 1.29 is 18.7 Å². The number of pyridine rings is 1. The summed E-state index contributed by atoms with van der Waals surface area (Å²) in [6.45, 7) is 0.894. The summed E-state index contributed by atoms with van der Waals surface area (Å²) in [4.78, 5) is 15.3. The van der Waals surface area contributed by atoms with Crippen molar-refractivity contribution in [1.82, 2.24) is 30.5 Å². The summed E-state index contributed by atoms with van der Waals surface area (Å²) >= 11 is 0. The summed E-state index contributed by atoms with van der Waals surface area (Å²) in [6, 6.07) is 8.42. The number of ether oxygens (including phenoxy) is 2. The van der Waals surface area contributed by atoms with E-state index in [9.17, 15) is 9.18 Å². The van der Waals surface area contributed by atoms with Gasteiger partial charge >= 0.3 is 6.09 Å². The molecule has 28 heavy (non-hydrogen) atoms. The quantitative estimate of drug-likeness (QED) is 0.690. The maximum absolute atomic E-state index is 14.6. The van der Waals surface area contributed by atoms with Gasteiger partial charge in [0, 0.05) is 24.4 Å². The summed E-state index contributed by atoms with van der Waals surface area (Å²) < 4.78 is 26.5. The standard InChI is InChI=1S/C18H17FN6O3/c1-25-17(22-23-24-25)16-5-3-12(7-20-16)14-4-2-11(6-15(14)19)9-27-10-13-8-21-18(26)28-13/h2-7,13H,8-10H2,1H3,(H,21,26)/t13-/m1/s1. The van der Waals surface area contributed by atoms with Crippen LogP contribution in [-0.2, 0) is 23.1 Å². The first-order valence-corrected chi connectivity index (χ1v) is 8.60. The Labute approximate surface area is 159 Å². The zero-order valence-corrected chi connectivity index (χ0v) is 15.0. The summed E-state index contributed by atoms with van der Waals surface area (Å²) in [5.74, 6) is 0.160. The third kappa shape index (κ3) is 3.81. The molecule has 0 spiro atoms. The van der Waals surface area contributed by atoms with Gasteiger partial charge in [-0.25, -0.2) is 13.9 Å². The summed E-state index contributed by atoms with van der Waals surface area (Å²) in [7, 11) is 1.72. The number of carbonyl (C=O) groups excluding carboxylic acids is 1. The Morgan fingerprint density at radius 1 is 1.36 bits per heavy atom. The first-order chi connectivity index (χ1) is 13.6. The molecule has 10 heteroatoms. The Hall–Kier alpha value is -3.40.